The first-order valence-electron chi connectivity index (χ1n) is 41.6. The number of para-hydroxylation sites is 6. The molecule has 6 saturated heterocycles. The monoisotopic (exact) mass is 1600 g/mol. The second-order valence-electron chi connectivity index (χ2n) is 34.7. The molecule has 618 valence electrons. The predicted octanol–water partition coefficient (Wildman–Crippen LogP) is 13.7. The number of aromatic nitrogens is 6. The van der Waals surface area contributed by atoms with Gasteiger partial charge in [0, 0.05) is 72.5 Å². The zero-order chi connectivity index (χ0) is 79.1. The van der Waals surface area contributed by atoms with E-state index in [1.54, 1.807) is 42.9 Å². The second kappa shape index (κ2) is 38.4. The van der Waals surface area contributed by atoms with Crippen LogP contribution in [0.5, 0.6) is 0 Å². The van der Waals surface area contributed by atoms with Gasteiger partial charge in [0.2, 0.25) is 5.69 Å². The zero-order valence-corrected chi connectivity index (χ0v) is 69.1. The molecule has 3 aliphatic carbocycles. The molecule has 2 amide bonds. The number of aliphatic carboxylic acids is 1. The maximum absolute atomic E-state index is 13.9. The Hall–Kier alpha value is -7.68. The van der Waals surface area contributed by atoms with Crippen molar-refractivity contribution in [1.82, 2.24) is 54.0 Å². The number of esters is 2. The lowest BCUT2D eigenvalue weighted by Gasteiger charge is -2.45. The maximum atomic E-state index is 13.9. The van der Waals surface area contributed by atoms with Crippen LogP contribution >= 0.6 is 24.8 Å². The van der Waals surface area contributed by atoms with Gasteiger partial charge in [0.25, 0.3) is 28.5 Å². The first kappa shape index (κ1) is 87.7. The lowest BCUT2D eigenvalue weighted by molar-refractivity contribution is -0.147. The lowest BCUT2D eigenvalue weighted by atomic mass is 9.89. The van der Waals surface area contributed by atoms with Crippen LogP contribution in [0.15, 0.2) is 87.2 Å². The number of carboxylic acid groups (broad SMARTS) is 2. The van der Waals surface area contributed by atoms with Gasteiger partial charge < -0.3 is 49.8 Å². The number of carbonyl (C=O) groups excluding carboxylic acids is 4. The number of benzene rings is 3. The Balaban J connectivity index is 0.000000170. The summed E-state index contributed by atoms with van der Waals surface area (Å²) >= 11 is 0. The number of rotatable bonds is 14. The van der Waals surface area contributed by atoms with E-state index in [1.165, 1.54) is 189 Å². The van der Waals surface area contributed by atoms with Gasteiger partial charge in [0.05, 0.1) is 47.3 Å². The summed E-state index contributed by atoms with van der Waals surface area (Å²) in [5.74, 6) is -4.79. The van der Waals surface area contributed by atoms with Gasteiger partial charge in [0.15, 0.2) is 11.4 Å². The van der Waals surface area contributed by atoms with Crippen LogP contribution in [0.2, 0.25) is 0 Å². The topological polar surface area (TPSA) is 326 Å². The molecule has 0 spiro atoms. The van der Waals surface area contributed by atoms with E-state index in [0.717, 1.165) is 67.9 Å². The average molecular weight is 1600 g/mol. The molecule has 6 aromatic rings. The fourth-order valence-corrected chi connectivity index (χ4v) is 20.5. The van der Waals surface area contributed by atoms with E-state index in [2.05, 4.69) is 45.0 Å². The molecule has 3 unspecified atom stereocenters. The van der Waals surface area contributed by atoms with E-state index in [0.29, 0.717) is 70.9 Å². The summed E-state index contributed by atoms with van der Waals surface area (Å²) in [5, 5.41) is 24.1. The third kappa shape index (κ3) is 19.9. The number of aromatic carboxylic acids is 1. The molecule has 25 nitrogen and oxygen atoms in total. The number of fused-ring (bicyclic) bond motifs is 9. The van der Waals surface area contributed by atoms with Gasteiger partial charge in [-0.1, -0.05) is 133 Å². The third-order valence-electron chi connectivity index (χ3n) is 25.7. The van der Waals surface area contributed by atoms with Crippen LogP contribution < -0.4 is 33.0 Å². The Morgan fingerprint density at radius 2 is 0.628 bits per heavy atom. The molecule has 9 aliphatic rings. The Labute approximate surface area is 675 Å². The summed E-state index contributed by atoms with van der Waals surface area (Å²) in [4.78, 5) is 134. The standard InChI is InChI=1S/C29H40N4O4.C28H38N4O4.C24H31N3O3.C5H11NO2.2ClH/c1-29(2,28(36)37-3)31-26(34)25-27(35)33(24-14-10-9-13-23(24)30-25)22-17-20-15-16-21(18-22)32(20)19-11-7-5-4-6-8-12-19;1-28(2,27(35)36)30-25(33)24-26(34)32(23-13-9-8-12-22(23)29-24)21-16-19-14-15-20(17-21)31(19)18-10-6-4-3-5-7-11-18;28-23-22(24(29)30)25-20-10-6-7-11-21(20)27(23)19-14-17-12-13-18(15-19)26(17)16-8-4-2-1-3-5-9-16;1-5(2,6)4(7)8-3;;/h9-10,13-14,19-22H,4-8,11-12,15-18H2,1-3H3,(H,31,34);8-9,12-13,18-21H,3-7,10-11,14-17H2,1-2H3,(H,30,33)(H,35,36);6-7,10-11,16-19H,1-5,8-9,12-15H2,(H,29,30);6H2,1-3H3;2*1H/t20-,21+,22?;19-,20+,21?;17-,18+,19?;;;. The number of piperidine rings is 3. The van der Waals surface area contributed by atoms with Crippen molar-refractivity contribution in [2.45, 2.75) is 343 Å². The molecule has 9 heterocycles. The highest BCUT2D eigenvalue weighted by atomic mass is 35.5. The minimum atomic E-state index is -1.51. The molecule has 0 radical (unpaired) electrons. The van der Waals surface area contributed by atoms with Crippen molar-refractivity contribution in [2.75, 3.05) is 14.2 Å². The van der Waals surface area contributed by atoms with E-state index < -0.39 is 63.4 Å². The van der Waals surface area contributed by atoms with Crippen LogP contribution in [0.1, 0.15) is 303 Å². The van der Waals surface area contributed by atoms with Crippen LogP contribution in [0.4, 0.5) is 0 Å². The van der Waals surface area contributed by atoms with Gasteiger partial charge in [-0.05, 0) is 194 Å². The normalized spacial score (nSPS) is 24.9. The van der Waals surface area contributed by atoms with Gasteiger partial charge in [-0.2, -0.15) is 0 Å². The first-order valence-corrected chi connectivity index (χ1v) is 41.6. The minimum Gasteiger partial charge on any atom is -0.480 e. The van der Waals surface area contributed by atoms with Crippen molar-refractivity contribution < 1.29 is 48.5 Å². The van der Waals surface area contributed by atoms with E-state index >= 15 is 0 Å². The van der Waals surface area contributed by atoms with Gasteiger partial charge in [-0.3, -0.25) is 43.5 Å². The molecule has 6 N–H and O–H groups in total. The summed E-state index contributed by atoms with van der Waals surface area (Å²) in [6.45, 7) is 9.10. The molecule has 9 fully saturated rings. The Morgan fingerprint density at radius 1 is 0.372 bits per heavy atom. The van der Waals surface area contributed by atoms with E-state index in [9.17, 15) is 53.4 Å². The number of ether oxygens (including phenoxy) is 2. The first-order chi connectivity index (χ1) is 53.2. The van der Waals surface area contributed by atoms with Crippen molar-refractivity contribution in [3.63, 3.8) is 0 Å². The Bertz CT molecular complexity index is 4470. The number of hydrogen-bond acceptors (Lipinski definition) is 18. The van der Waals surface area contributed by atoms with Crippen molar-refractivity contribution in [3.8, 4) is 0 Å². The maximum Gasteiger partial charge on any atom is 0.360 e. The highest BCUT2D eigenvalue weighted by Gasteiger charge is 2.49. The molecule has 27 heteroatoms. The lowest BCUT2D eigenvalue weighted by Crippen LogP contribution is -2.52. The Kier molecular flexibility index (Phi) is 29.8. The van der Waals surface area contributed by atoms with Crippen molar-refractivity contribution in [3.05, 3.63) is 121 Å². The average Bonchev–Trinajstić information content (AvgIpc) is 1.75. The Morgan fingerprint density at radius 3 is 0.885 bits per heavy atom. The summed E-state index contributed by atoms with van der Waals surface area (Å²) in [5.41, 5.74) is 3.66. The van der Waals surface area contributed by atoms with Gasteiger partial charge in [-0.15, -0.1) is 24.8 Å². The predicted molar refractivity (Wildman–Crippen MR) is 442 cm³/mol. The summed E-state index contributed by atoms with van der Waals surface area (Å²) in [6, 6.07) is 27.4. The van der Waals surface area contributed by atoms with Gasteiger partial charge >= 0.3 is 23.9 Å². The number of nitrogens with one attached hydrogen (secondary N) is 2. The highest BCUT2D eigenvalue weighted by molar-refractivity contribution is 5.98. The highest BCUT2D eigenvalue weighted by Crippen LogP contribution is 2.48. The molecule has 3 aromatic heterocycles. The molecule has 113 heavy (non-hydrogen) atoms. The molecule has 9 atom stereocenters. The molecule has 3 saturated carbocycles. The summed E-state index contributed by atoms with van der Waals surface area (Å²) < 4.78 is 14.5. The number of nitrogens with two attached hydrogens (primary N) is 1. The number of methoxy groups -OCH3 is 2. The molecule has 15 rings (SSSR count). The second-order valence-corrected chi connectivity index (χ2v) is 34.7. The van der Waals surface area contributed by atoms with Gasteiger partial charge in [0.1, 0.15) is 16.6 Å². The fourth-order valence-electron chi connectivity index (χ4n) is 20.5. The number of amides is 2. The number of nitrogens with zero attached hydrogens (tertiary/aromatic N) is 9. The van der Waals surface area contributed by atoms with E-state index in [1.807, 2.05) is 71.3 Å². The number of hydrogen-bond donors (Lipinski definition) is 5. The van der Waals surface area contributed by atoms with Crippen molar-refractivity contribution >= 4 is 93.6 Å². The fraction of sp³-hybridized carbons (Fsp3) is 0.651. The van der Waals surface area contributed by atoms with Gasteiger partial charge in [-0.25, -0.2) is 29.3 Å². The zero-order valence-electron chi connectivity index (χ0n) is 67.5. The molecular formula is C86H122Cl2N12O13. The smallest absolute Gasteiger partial charge is 0.360 e. The minimum absolute atomic E-state index is 0. The SMILES string of the molecule is CC(C)(NC(=O)c1nc2ccccc2n(C2C[C@H]3CC[C@@H](C2)N3C2CCCCCCC2)c1=O)C(=O)O.COC(=O)C(C)(C)N.COC(=O)C(C)(C)NC(=O)c1nc2ccccc2n(C2C[C@H]3CC[C@@H](C2)N3C2CCCCCCC2)c1=O.Cl.Cl.O=C(O)c1nc2ccccc2n(C2C[C@H]3CC[C@@H](C2)N3C2CCCCCCC2)c1=O. The summed E-state index contributed by atoms with van der Waals surface area (Å²) in [6.07, 6.45) is 40.4. The number of halogens is 2. The largest absolute Gasteiger partial charge is 0.480 e. The molecule has 6 bridgehead atoms. The third-order valence-corrected chi connectivity index (χ3v) is 25.7. The van der Waals surface area contributed by atoms with Crippen molar-refractivity contribution in [2.24, 2.45) is 5.73 Å². The van der Waals surface area contributed by atoms with Crippen LogP contribution in [0.25, 0.3) is 33.1 Å². The molecular weight excluding hydrogens is 1480 g/mol. The van der Waals surface area contributed by atoms with Crippen LogP contribution in [0.3, 0.4) is 0 Å². The van der Waals surface area contributed by atoms with Crippen molar-refractivity contribution in [1.29, 1.82) is 0 Å². The number of carboxylic acids is 2. The van der Waals surface area contributed by atoms with Crippen LogP contribution in [0, 0.1) is 0 Å². The quantitative estimate of drug-likeness (QED) is 0.0633. The van der Waals surface area contributed by atoms with Crippen LogP contribution in [-0.4, -0.2) is 174 Å². The molecule has 3 aromatic carbocycles. The molecule has 6 aliphatic heterocycles. The van der Waals surface area contributed by atoms with E-state index in [-0.39, 0.29) is 65.6 Å². The van der Waals surface area contributed by atoms with Crippen LogP contribution in [-0.2, 0) is 23.9 Å². The van der Waals surface area contributed by atoms with E-state index in [4.69, 9.17) is 10.5 Å². The summed E-state index contributed by atoms with van der Waals surface area (Å²) in [7, 11) is 2.59. The number of carbonyl (C=O) groups is 6.